The molecule has 0 fully saturated rings. The molecule has 112 valence electrons. The number of aryl methyl sites for hydroxylation is 1. The van der Waals surface area contributed by atoms with E-state index in [-0.39, 0.29) is 12.3 Å². The highest BCUT2D eigenvalue weighted by atomic mass is 32.1. The fourth-order valence-electron chi connectivity index (χ4n) is 1.93. The first kappa shape index (κ1) is 15.6. The molecule has 2 rings (SSSR count). The van der Waals surface area contributed by atoms with E-state index in [9.17, 15) is 4.79 Å². The van der Waals surface area contributed by atoms with E-state index in [1.54, 1.807) is 23.6 Å². The van der Waals surface area contributed by atoms with Crippen molar-refractivity contribution in [3.8, 4) is 0 Å². The Hall–Kier alpha value is -1.79. The van der Waals surface area contributed by atoms with Crippen molar-refractivity contribution in [1.29, 1.82) is 0 Å². The van der Waals surface area contributed by atoms with Gasteiger partial charge >= 0.3 is 0 Å². The molecule has 1 amide bonds. The van der Waals surface area contributed by atoms with Crippen molar-refractivity contribution < 1.29 is 4.79 Å². The van der Waals surface area contributed by atoms with Gasteiger partial charge in [0.05, 0.1) is 17.1 Å². The monoisotopic (exact) mass is 304 g/mol. The van der Waals surface area contributed by atoms with Gasteiger partial charge in [-0.05, 0) is 37.9 Å². The fourth-order valence-corrected chi connectivity index (χ4v) is 2.77. The summed E-state index contributed by atoms with van der Waals surface area (Å²) >= 11 is 1.62. The summed E-state index contributed by atoms with van der Waals surface area (Å²) in [6.45, 7) is 0.747. The highest BCUT2D eigenvalue weighted by Crippen LogP contribution is 2.14. The summed E-state index contributed by atoms with van der Waals surface area (Å²) < 4.78 is 0. The standard InChI is InChI=1S/C15H20N4OS/c16-8-4-1-2-7-15-18-12(11-21-15)10-14(20)19-13-6-3-5-9-17-13/h3,5-6,9,11H,1-2,4,7-8,10,16H2,(H,17,19,20). The maximum Gasteiger partial charge on any atom is 0.231 e. The average Bonchev–Trinajstić information content (AvgIpc) is 2.92. The highest BCUT2D eigenvalue weighted by molar-refractivity contribution is 7.09. The minimum absolute atomic E-state index is 0.0892. The van der Waals surface area contributed by atoms with Gasteiger partial charge in [0, 0.05) is 11.6 Å². The van der Waals surface area contributed by atoms with Crippen LogP contribution in [0, 0.1) is 0 Å². The van der Waals surface area contributed by atoms with Crippen LogP contribution in [0.5, 0.6) is 0 Å². The maximum atomic E-state index is 11.9. The van der Waals surface area contributed by atoms with Gasteiger partial charge in [-0.1, -0.05) is 12.5 Å². The molecule has 0 radical (unpaired) electrons. The zero-order valence-corrected chi connectivity index (χ0v) is 12.7. The van der Waals surface area contributed by atoms with Crippen molar-refractivity contribution in [2.24, 2.45) is 5.73 Å². The number of thiazole rings is 1. The first-order chi connectivity index (χ1) is 10.3. The zero-order valence-electron chi connectivity index (χ0n) is 11.9. The molecule has 0 saturated carbocycles. The quantitative estimate of drug-likeness (QED) is 0.734. The summed E-state index contributed by atoms with van der Waals surface area (Å²) in [5.74, 6) is 0.480. The fraction of sp³-hybridized carbons (Fsp3) is 0.400. The van der Waals surface area contributed by atoms with Crippen LogP contribution in [-0.4, -0.2) is 22.4 Å². The smallest absolute Gasteiger partial charge is 0.231 e. The second-order valence-electron chi connectivity index (χ2n) is 4.77. The second-order valence-corrected chi connectivity index (χ2v) is 5.71. The number of rotatable bonds is 8. The second kappa shape index (κ2) is 8.49. The Morgan fingerprint density at radius 2 is 2.19 bits per heavy atom. The van der Waals surface area contributed by atoms with Crippen LogP contribution in [0.2, 0.25) is 0 Å². The number of nitrogens with one attached hydrogen (secondary N) is 1. The van der Waals surface area contributed by atoms with Gasteiger partial charge in [-0.2, -0.15) is 0 Å². The SMILES string of the molecule is NCCCCCc1nc(CC(=O)Nc2ccccn2)cs1. The Bertz CT molecular complexity index is 556. The van der Waals surface area contributed by atoms with Gasteiger partial charge in [-0.25, -0.2) is 9.97 Å². The number of anilines is 1. The molecular formula is C15H20N4OS. The van der Waals surface area contributed by atoms with Gasteiger partial charge in [0.2, 0.25) is 5.91 Å². The molecule has 0 unspecified atom stereocenters. The molecule has 0 aromatic carbocycles. The lowest BCUT2D eigenvalue weighted by atomic mass is 10.2. The Kier molecular flexibility index (Phi) is 6.30. The van der Waals surface area contributed by atoms with Gasteiger partial charge in [0.1, 0.15) is 5.82 Å². The van der Waals surface area contributed by atoms with Crippen LogP contribution in [0.1, 0.15) is 30.0 Å². The van der Waals surface area contributed by atoms with Crippen LogP contribution in [0.3, 0.4) is 0 Å². The largest absolute Gasteiger partial charge is 0.330 e. The lowest BCUT2D eigenvalue weighted by Crippen LogP contribution is -2.15. The van der Waals surface area contributed by atoms with Crippen molar-refractivity contribution in [2.45, 2.75) is 32.1 Å². The van der Waals surface area contributed by atoms with Gasteiger partial charge in [-0.15, -0.1) is 11.3 Å². The van der Waals surface area contributed by atoms with E-state index in [4.69, 9.17) is 5.73 Å². The summed E-state index contributed by atoms with van der Waals surface area (Å²) in [5.41, 5.74) is 6.29. The topological polar surface area (TPSA) is 80.9 Å². The Morgan fingerprint density at radius 1 is 1.29 bits per heavy atom. The number of carbonyl (C=O) groups is 1. The minimum atomic E-state index is -0.0892. The van der Waals surface area contributed by atoms with Gasteiger partial charge < -0.3 is 11.1 Å². The van der Waals surface area contributed by atoms with E-state index in [2.05, 4.69) is 15.3 Å². The van der Waals surface area contributed by atoms with Gasteiger partial charge in [0.15, 0.2) is 0 Å². The number of nitrogens with zero attached hydrogens (tertiary/aromatic N) is 2. The van der Waals surface area contributed by atoms with Crippen LogP contribution in [0.25, 0.3) is 0 Å². The van der Waals surface area contributed by atoms with E-state index >= 15 is 0 Å². The summed E-state index contributed by atoms with van der Waals surface area (Å²) in [6.07, 6.45) is 6.20. The first-order valence-corrected chi connectivity index (χ1v) is 8.00. The average molecular weight is 304 g/mol. The predicted octanol–water partition coefficient (Wildman–Crippen LogP) is 2.39. The van der Waals surface area contributed by atoms with Gasteiger partial charge in [0.25, 0.3) is 0 Å². The van der Waals surface area contributed by atoms with Crippen LogP contribution in [0.15, 0.2) is 29.8 Å². The molecule has 2 heterocycles. The van der Waals surface area contributed by atoms with Crippen LogP contribution < -0.4 is 11.1 Å². The highest BCUT2D eigenvalue weighted by Gasteiger charge is 2.08. The number of amides is 1. The molecule has 0 spiro atoms. The van der Waals surface area contributed by atoms with Crippen molar-refractivity contribution in [3.05, 3.63) is 40.5 Å². The number of hydrogen-bond donors (Lipinski definition) is 2. The minimum Gasteiger partial charge on any atom is -0.330 e. The molecule has 2 aromatic heterocycles. The Labute approximate surface area is 128 Å². The molecule has 6 heteroatoms. The number of pyridine rings is 1. The first-order valence-electron chi connectivity index (χ1n) is 7.12. The van der Waals surface area contributed by atoms with Crippen molar-refractivity contribution in [2.75, 3.05) is 11.9 Å². The Balaban J connectivity index is 1.78. The van der Waals surface area contributed by atoms with Crippen LogP contribution in [-0.2, 0) is 17.6 Å². The number of hydrogen-bond acceptors (Lipinski definition) is 5. The number of nitrogens with two attached hydrogens (primary N) is 1. The molecular weight excluding hydrogens is 284 g/mol. The molecule has 0 atom stereocenters. The summed E-state index contributed by atoms with van der Waals surface area (Å²) in [6, 6.07) is 5.42. The third-order valence-corrected chi connectivity index (χ3v) is 3.93. The van der Waals surface area contributed by atoms with E-state index in [1.807, 2.05) is 17.5 Å². The molecule has 0 bridgehead atoms. The van der Waals surface area contributed by atoms with Crippen molar-refractivity contribution in [1.82, 2.24) is 9.97 Å². The molecule has 3 N–H and O–H groups in total. The Morgan fingerprint density at radius 3 is 2.95 bits per heavy atom. The van der Waals surface area contributed by atoms with E-state index < -0.39 is 0 Å². The van der Waals surface area contributed by atoms with E-state index in [0.29, 0.717) is 5.82 Å². The van der Waals surface area contributed by atoms with Gasteiger partial charge in [-0.3, -0.25) is 4.79 Å². The summed E-state index contributed by atoms with van der Waals surface area (Å²) in [7, 11) is 0. The number of unbranched alkanes of at least 4 members (excludes halogenated alkanes) is 2. The number of carbonyl (C=O) groups excluding carboxylic acids is 1. The van der Waals surface area contributed by atoms with Crippen LogP contribution in [0.4, 0.5) is 5.82 Å². The summed E-state index contributed by atoms with van der Waals surface area (Å²) in [5, 5.41) is 5.81. The van der Waals surface area contributed by atoms with E-state index in [0.717, 1.165) is 42.9 Å². The molecule has 0 aliphatic heterocycles. The third kappa shape index (κ3) is 5.61. The lowest BCUT2D eigenvalue weighted by molar-refractivity contribution is -0.115. The van der Waals surface area contributed by atoms with Crippen molar-refractivity contribution >= 4 is 23.1 Å². The number of aromatic nitrogens is 2. The predicted molar refractivity (Wildman–Crippen MR) is 85.3 cm³/mol. The zero-order chi connectivity index (χ0) is 14.9. The van der Waals surface area contributed by atoms with Crippen molar-refractivity contribution in [3.63, 3.8) is 0 Å². The molecule has 21 heavy (non-hydrogen) atoms. The molecule has 2 aromatic rings. The molecule has 0 aliphatic rings. The summed E-state index contributed by atoms with van der Waals surface area (Å²) in [4.78, 5) is 20.4. The molecule has 0 aliphatic carbocycles. The third-order valence-electron chi connectivity index (χ3n) is 2.97. The lowest BCUT2D eigenvalue weighted by Gasteiger charge is -2.02. The molecule has 5 nitrogen and oxygen atoms in total. The van der Waals surface area contributed by atoms with Crippen LogP contribution >= 0.6 is 11.3 Å². The normalized spacial score (nSPS) is 10.5. The van der Waals surface area contributed by atoms with E-state index in [1.165, 1.54) is 0 Å². The maximum absolute atomic E-state index is 11.9. The molecule has 0 saturated heterocycles.